The first-order valence-electron chi connectivity index (χ1n) is 3.56. The number of unbranched alkanes of at least 4 members (excludes halogenated alkanes) is 1. The largest absolute Gasteiger partial charge is 4.00 e. The van der Waals surface area contributed by atoms with Crippen molar-refractivity contribution in [1.29, 1.82) is 0 Å². The second-order valence-electron chi connectivity index (χ2n) is 1.99. The van der Waals surface area contributed by atoms with E-state index in [-0.39, 0.29) is 17.1 Å². The van der Waals surface area contributed by atoms with Gasteiger partial charge in [0.1, 0.15) is 0 Å². The Hall–Kier alpha value is 0.259. The number of rotatable bonds is 3. The van der Waals surface area contributed by atoms with Crippen LogP contribution in [0.25, 0.3) is 0 Å². The van der Waals surface area contributed by atoms with Gasteiger partial charge in [-0.3, -0.25) is 0 Å². The van der Waals surface area contributed by atoms with Crippen LogP contribution in [0.5, 0.6) is 0 Å². The summed E-state index contributed by atoms with van der Waals surface area (Å²) in [6.45, 7) is 17.9. The smallest absolute Gasteiger partial charge is 0.346 e. The molecule has 0 rings (SSSR count). The molecule has 0 aliphatic carbocycles. The van der Waals surface area contributed by atoms with Gasteiger partial charge in [-0.1, -0.05) is 0 Å². The van der Waals surface area contributed by atoms with Crippen molar-refractivity contribution in [3.8, 4) is 0 Å². The molecule has 0 bridgehead atoms. The summed E-state index contributed by atoms with van der Waals surface area (Å²) in [4.78, 5) is 0. The van der Waals surface area contributed by atoms with Crippen LogP contribution in [0.2, 0.25) is 0 Å². The van der Waals surface area contributed by atoms with E-state index in [0.717, 1.165) is 19.3 Å². The van der Waals surface area contributed by atoms with E-state index in [1.807, 2.05) is 0 Å². The minimum atomic E-state index is 0. The van der Waals surface area contributed by atoms with E-state index < -0.39 is 0 Å². The Morgan fingerprint density at radius 1 is 1.18 bits per heavy atom. The first kappa shape index (κ1) is 17.4. The SMILES string of the molecule is C=CC([CH2-])C[CH2-].[CH2-]CC[CH2-].[Fe+4]. The van der Waals surface area contributed by atoms with Crippen molar-refractivity contribution in [2.45, 2.75) is 19.3 Å². The Bertz CT molecular complexity index is 57.9. The Labute approximate surface area is 82.9 Å². The molecule has 11 heavy (non-hydrogen) atoms. The average Bonchev–Trinajstić information content (AvgIpc) is 2.03. The fraction of sp³-hybridized carbons (Fsp3) is 0.400. The fourth-order valence-corrected chi connectivity index (χ4v) is 0.118. The molecule has 0 fully saturated rings. The molecule has 1 atom stereocenters. The minimum absolute atomic E-state index is 0. The van der Waals surface area contributed by atoms with Crippen molar-refractivity contribution >= 4 is 0 Å². The van der Waals surface area contributed by atoms with Crippen LogP contribution in [-0.2, 0) is 17.1 Å². The number of hydrogen-bond donors (Lipinski definition) is 0. The van der Waals surface area contributed by atoms with Crippen LogP contribution < -0.4 is 0 Å². The van der Waals surface area contributed by atoms with E-state index in [4.69, 9.17) is 0 Å². The van der Waals surface area contributed by atoms with Crippen LogP contribution in [0.4, 0.5) is 0 Å². The fourth-order valence-electron chi connectivity index (χ4n) is 0.118. The zero-order valence-corrected chi connectivity index (χ0v) is 8.27. The Morgan fingerprint density at radius 2 is 1.55 bits per heavy atom. The van der Waals surface area contributed by atoms with Gasteiger partial charge >= 0.3 is 17.1 Å². The van der Waals surface area contributed by atoms with Gasteiger partial charge in [-0.2, -0.15) is 5.92 Å². The van der Waals surface area contributed by atoms with Gasteiger partial charge in [0.25, 0.3) is 0 Å². The van der Waals surface area contributed by atoms with Crippen molar-refractivity contribution in [3.05, 3.63) is 40.3 Å². The molecular weight excluding hydrogens is 176 g/mol. The maximum atomic E-state index is 3.69. The third-order valence-electron chi connectivity index (χ3n) is 0.954. The standard InChI is InChI=1S/C6H10.C4H8.Fe/c1-4-6(3)5-2;1-3-4-2;/h4,6H,1-3,5H2;1-4H2;/q2*-2;+4. The molecule has 0 saturated carbocycles. The number of allylic oxidation sites excluding steroid dienone is 1. The topological polar surface area (TPSA) is 0 Å². The number of hydrogen-bond acceptors (Lipinski definition) is 0. The van der Waals surface area contributed by atoms with E-state index in [2.05, 4.69) is 34.3 Å². The average molecular weight is 194 g/mol. The summed E-state index contributed by atoms with van der Waals surface area (Å²) < 4.78 is 0. The van der Waals surface area contributed by atoms with E-state index in [1.54, 1.807) is 6.08 Å². The van der Waals surface area contributed by atoms with Gasteiger partial charge in [-0.15, -0.1) is 12.7 Å². The second kappa shape index (κ2) is 16.7. The van der Waals surface area contributed by atoms with Crippen LogP contribution in [0.3, 0.4) is 0 Å². The third kappa shape index (κ3) is 25.3. The minimum Gasteiger partial charge on any atom is -0.346 e. The molecule has 0 N–H and O–H groups in total. The van der Waals surface area contributed by atoms with E-state index in [9.17, 15) is 0 Å². The molecule has 0 nitrogen and oxygen atoms in total. The van der Waals surface area contributed by atoms with Crippen LogP contribution in [0, 0.1) is 33.6 Å². The zero-order valence-electron chi connectivity index (χ0n) is 7.17. The Balaban J connectivity index is -0.000000114. The molecule has 0 aromatic rings. The normalized spacial score (nSPS) is 10.2. The van der Waals surface area contributed by atoms with Crippen molar-refractivity contribution < 1.29 is 17.1 Å². The molecule has 0 aliphatic rings. The molecule has 0 radical (unpaired) electrons. The van der Waals surface area contributed by atoms with Gasteiger partial charge < -0.3 is 27.7 Å². The molecule has 66 valence electrons. The molecule has 0 spiro atoms. The summed E-state index contributed by atoms with van der Waals surface area (Å²) >= 11 is 0. The summed E-state index contributed by atoms with van der Waals surface area (Å²) in [5.41, 5.74) is 0. The predicted molar refractivity (Wildman–Crippen MR) is 49.0 cm³/mol. The molecule has 0 heterocycles. The summed E-state index contributed by atoms with van der Waals surface area (Å²) in [5.74, 6) is 0.338. The Morgan fingerprint density at radius 3 is 1.55 bits per heavy atom. The molecule has 0 amide bonds. The van der Waals surface area contributed by atoms with Crippen molar-refractivity contribution in [2.24, 2.45) is 5.92 Å². The van der Waals surface area contributed by atoms with Gasteiger partial charge in [-0.05, 0) is 0 Å². The van der Waals surface area contributed by atoms with Gasteiger partial charge in [0.15, 0.2) is 0 Å². The third-order valence-corrected chi connectivity index (χ3v) is 0.954. The molecule has 1 unspecified atom stereocenters. The van der Waals surface area contributed by atoms with E-state index >= 15 is 0 Å². The van der Waals surface area contributed by atoms with Crippen LogP contribution in [0.1, 0.15) is 19.3 Å². The summed E-state index contributed by atoms with van der Waals surface area (Å²) in [5, 5.41) is 0. The quantitative estimate of drug-likeness (QED) is 0.367. The maximum absolute atomic E-state index is 3.69. The van der Waals surface area contributed by atoms with Gasteiger partial charge in [0.05, 0.1) is 0 Å². The molecule has 0 aromatic carbocycles. The monoisotopic (exact) mass is 194 g/mol. The molecule has 0 saturated heterocycles. The predicted octanol–water partition coefficient (Wildman–Crippen LogP) is 3.28. The van der Waals surface area contributed by atoms with Gasteiger partial charge in [0, 0.05) is 0 Å². The van der Waals surface area contributed by atoms with Crippen LogP contribution in [-0.4, -0.2) is 0 Å². The van der Waals surface area contributed by atoms with Crippen molar-refractivity contribution in [3.63, 3.8) is 0 Å². The van der Waals surface area contributed by atoms with E-state index in [0.29, 0.717) is 5.92 Å². The first-order valence-corrected chi connectivity index (χ1v) is 3.56. The Kier molecular flexibility index (Phi) is 26.4. The molecule has 0 aromatic heterocycles. The summed E-state index contributed by atoms with van der Waals surface area (Å²) in [7, 11) is 0. The van der Waals surface area contributed by atoms with Crippen LogP contribution >= 0.6 is 0 Å². The first-order chi connectivity index (χ1) is 4.72. The second-order valence-corrected chi connectivity index (χ2v) is 1.99. The maximum Gasteiger partial charge on any atom is 4.00 e. The van der Waals surface area contributed by atoms with Crippen molar-refractivity contribution in [1.82, 2.24) is 0 Å². The van der Waals surface area contributed by atoms with Crippen molar-refractivity contribution in [2.75, 3.05) is 0 Å². The van der Waals surface area contributed by atoms with E-state index in [1.165, 1.54) is 0 Å². The van der Waals surface area contributed by atoms with Gasteiger partial charge in [0.2, 0.25) is 0 Å². The molecular formula is C10H18Fe. The summed E-state index contributed by atoms with van der Waals surface area (Å²) in [6, 6.07) is 0. The zero-order chi connectivity index (χ0) is 8.41. The van der Waals surface area contributed by atoms with Gasteiger partial charge in [-0.25, -0.2) is 19.3 Å². The summed E-state index contributed by atoms with van der Waals surface area (Å²) in [6.07, 6.45) is 4.57. The molecule has 1 heteroatoms. The molecule has 0 aliphatic heterocycles. The van der Waals surface area contributed by atoms with Crippen LogP contribution in [0.15, 0.2) is 12.7 Å².